The summed E-state index contributed by atoms with van der Waals surface area (Å²) >= 11 is 0. The Kier molecular flexibility index (Phi) is 5.86. The molecular formula is C18H23N3O2. The molecule has 2 rings (SSSR count). The average molecular weight is 313 g/mol. The predicted octanol–water partition coefficient (Wildman–Crippen LogP) is 3.20. The molecule has 0 aliphatic rings. The molecule has 0 amide bonds. The van der Waals surface area contributed by atoms with E-state index in [1.807, 2.05) is 30.3 Å². The number of guanidine groups is 1. The topological polar surface area (TPSA) is 54.9 Å². The highest BCUT2D eigenvalue weighted by Gasteiger charge is 2.06. The van der Waals surface area contributed by atoms with E-state index in [-0.39, 0.29) is 0 Å². The maximum Gasteiger partial charge on any atom is 0.195 e. The molecule has 0 bridgehead atoms. The van der Waals surface area contributed by atoms with Gasteiger partial charge in [0, 0.05) is 25.3 Å². The molecule has 0 saturated carbocycles. The molecule has 0 fully saturated rings. The molecule has 2 aromatic rings. The number of nitrogens with one attached hydrogen (secondary N) is 2. The molecule has 0 heterocycles. The lowest BCUT2D eigenvalue weighted by Crippen LogP contribution is -2.30. The van der Waals surface area contributed by atoms with Crippen LogP contribution in [-0.4, -0.2) is 27.2 Å². The fraction of sp³-hybridized carbons (Fsp3) is 0.278. The van der Waals surface area contributed by atoms with Gasteiger partial charge in [0.05, 0.1) is 14.2 Å². The molecule has 122 valence electrons. The summed E-state index contributed by atoms with van der Waals surface area (Å²) in [6.45, 7) is 2.81. The number of aryl methyl sites for hydroxylation is 1. The van der Waals surface area contributed by atoms with Crippen LogP contribution in [0.2, 0.25) is 0 Å². The van der Waals surface area contributed by atoms with Gasteiger partial charge in [-0.25, -0.2) is 0 Å². The summed E-state index contributed by atoms with van der Waals surface area (Å²) in [5.41, 5.74) is 3.37. The molecule has 0 saturated heterocycles. The number of ether oxygens (including phenoxy) is 2. The Morgan fingerprint density at radius 1 is 1.04 bits per heavy atom. The van der Waals surface area contributed by atoms with E-state index >= 15 is 0 Å². The van der Waals surface area contributed by atoms with Crippen molar-refractivity contribution in [1.29, 1.82) is 0 Å². The number of methoxy groups -OCH3 is 2. The van der Waals surface area contributed by atoms with Gasteiger partial charge in [-0.1, -0.05) is 24.3 Å². The minimum Gasteiger partial charge on any atom is -0.493 e. The van der Waals surface area contributed by atoms with Crippen molar-refractivity contribution in [1.82, 2.24) is 5.32 Å². The number of benzene rings is 2. The fourth-order valence-corrected chi connectivity index (χ4v) is 2.22. The number of rotatable bonds is 5. The Hall–Kier alpha value is -2.69. The third kappa shape index (κ3) is 4.39. The van der Waals surface area contributed by atoms with Crippen LogP contribution in [0.4, 0.5) is 5.69 Å². The quantitative estimate of drug-likeness (QED) is 0.657. The van der Waals surface area contributed by atoms with Crippen molar-refractivity contribution in [3.63, 3.8) is 0 Å². The predicted molar refractivity (Wildman–Crippen MR) is 94.5 cm³/mol. The first-order valence-electron chi connectivity index (χ1n) is 7.42. The molecule has 0 unspecified atom stereocenters. The summed E-state index contributed by atoms with van der Waals surface area (Å²) in [7, 11) is 4.98. The van der Waals surface area contributed by atoms with Gasteiger partial charge in [-0.15, -0.1) is 0 Å². The van der Waals surface area contributed by atoms with E-state index in [4.69, 9.17) is 9.47 Å². The number of hydrogen-bond donors (Lipinski definition) is 2. The average Bonchev–Trinajstić information content (AvgIpc) is 2.59. The van der Waals surface area contributed by atoms with Crippen molar-refractivity contribution in [2.75, 3.05) is 26.6 Å². The van der Waals surface area contributed by atoms with Crippen molar-refractivity contribution in [3.8, 4) is 11.5 Å². The molecular weight excluding hydrogens is 290 g/mol. The highest BCUT2D eigenvalue weighted by molar-refractivity contribution is 5.93. The van der Waals surface area contributed by atoms with Gasteiger partial charge in [0.15, 0.2) is 17.5 Å². The van der Waals surface area contributed by atoms with Gasteiger partial charge >= 0.3 is 0 Å². The Morgan fingerprint density at radius 2 is 1.78 bits per heavy atom. The Morgan fingerprint density at radius 3 is 2.43 bits per heavy atom. The van der Waals surface area contributed by atoms with Crippen LogP contribution < -0.4 is 20.1 Å². The lowest BCUT2D eigenvalue weighted by molar-refractivity contribution is 0.355. The minimum atomic E-state index is 0.673. The van der Waals surface area contributed by atoms with E-state index in [0.717, 1.165) is 5.69 Å². The first kappa shape index (κ1) is 16.7. The molecule has 0 radical (unpaired) electrons. The van der Waals surface area contributed by atoms with E-state index < -0.39 is 0 Å². The van der Waals surface area contributed by atoms with E-state index in [1.54, 1.807) is 21.3 Å². The lowest BCUT2D eigenvalue weighted by Gasteiger charge is -2.14. The van der Waals surface area contributed by atoms with Crippen LogP contribution in [0.5, 0.6) is 11.5 Å². The van der Waals surface area contributed by atoms with Gasteiger partial charge in [-0.2, -0.15) is 0 Å². The van der Waals surface area contributed by atoms with Crippen molar-refractivity contribution >= 4 is 11.6 Å². The zero-order valence-corrected chi connectivity index (χ0v) is 14.0. The standard InChI is InChI=1S/C18H23N3O2/c1-13-7-5-6-8-14(13)12-20-18(19-2)21-15-9-10-16(22-3)17(11-15)23-4/h5-11H,12H2,1-4H3,(H2,19,20,21). The smallest absolute Gasteiger partial charge is 0.195 e. The van der Waals surface area contributed by atoms with Crippen LogP contribution in [0.1, 0.15) is 11.1 Å². The van der Waals surface area contributed by atoms with Crippen molar-refractivity contribution in [3.05, 3.63) is 53.6 Å². The Labute approximate surface area is 137 Å². The van der Waals surface area contributed by atoms with E-state index in [9.17, 15) is 0 Å². The van der Waals surface area contributed by atoms with Crippen LogP contribution in [0, 0.1) is 6.92 Å². The number of nitrogens with zero attached hydrogens (tertiary/aromatic N) is 1. The van der Waals surface area contributed by atoms with Crippen molar-refractivity contribution in [2.45, 2.75) is 13.5 Å². The van der Waals surface area contributed by atoms with Gasteiger partial charge in [-0.3, -0.25) is 4.99 Å². The summed E-state index contributed by atoms with van der Waals surface area (Å²) in [5, 5.41) is 6.56. The lowest BCUT2D eigenvalue weighted by atomic mass is 10.1. The maximum atomic E-state index is 5.31. The molecule has 5 nitrogen and oxygen atoms in total. The van der Waals surface area contributed by atoms with Gasteiger partial charge in [-0.05, 0) is 30.2 Å². The number of anilines is 1. The molecule has 2 N–H and O–H groups in total. The van der Waals surface area contributed by atoms with Gasteiger partial charge in [0.2, 0.25) is 0 Å². The molecule has 23 heavy (non-hydrogen) atoms. The summed E-state index contributed by atoms with van der Waals surface area (Å²) in [5.74, 6) is 2.06. The molecule has 0 aliphatic carbocycles. The monoisotopic (exact) mass is 313 g/mol. The maximum absolute atomic E-state index is 5.31. The Bertz CT molecular complexity index is 684. The van der Waals surface area contributed by atoms with Crippen LogP contribution in [0.15, 0.2) is 47.5 Å². The largest absolute Gasteiger partial charge is 0.493 e. The number of aliphatic imine (C=N–C) groups is 1. The first-order chi connectivity index (χ1) is 11.2. The highest BCUT2D eigenvalue weighted by Crippen LogP contribution is 2.29. The van der Waals surface area contributed by atoms with E-state index in [0.29, 0.717) is 24.0 Å². The third-order valence-corrected chi connectivity index (χ3v) is 3.58. The van der Waals surface area contributed by atoms with Crippen LogP contribution in [0.3, 0.4) is 0 Å². The first-order valence-corrected chi connectivity index (χ1v) is 7.42. The second-order valence-electron chi connectivity index (χ2n) is 5.05. The second kappa shape index (κ2) is 8.08. The summed E-state index contributed by atoms with van der Waals surface area (Å²) in [6, 6.07) is 13.9. The summed E-state index contributed by atoms with van der Waals surface area (Å²) in [4.78, 5) is 4.25. The van der Waals surface area contributed by atoms with Crippen molar-refractivity contribution < 1.29 is 9.47 Å². The minimum absolute atomic E-state index is 0.673. The fourth-order valence-electron chi connectivity index (χ4n) is 2.22. The molecule has 2 aromatic carbocycles. The number of hydrogen-bond acceptors (Lipinski definition) is 3. The third-order valence-electron chi connectivity index (χ3n) is 3.58. The highest BCUT2D eigenvalue weighted by atomic mass is 16.5. The van der Waals surface area contributed by atoms with E-state index in [1.165, 1.54) is 11.1 Å². The van der Waals surface area contributed by atoms with Gasteiger partial charge < -0.3 is 20.1 Å². The molecule has 0 atom stereocenters. The van der Waals surface area contributed by atoms with E-state index in [2.05, 4.69) is 34.7 Å². The van der Waals surface area contributed by atoms with Gasteiger partial charge in [0.1, 0.15) is 0 Å². The van der Waals surface area contributed by atoms with Gasteiger partial charge in [0.25, 0.3) is 0 Å². The Balaban J connectivity index is 2.04. The normalized spacial score (nSPS) is 11.0. The summed E-state index contributed by atoms with van der Waals surface area (Å²) in [6.07, 6.45) is 0. The molecule has 0 aromatic heterocycles. The zero-order valence-electron chi connectivity index (χ0n) is 14.0. The summed E-state index contributed by atoms with van der Waals surface area (Å²) < 4.78 is 10.6. The molecule has 0 aliphatic heterocycles. The second-order valence-corrected chi connectivity index (χ2v) is 5.05. The van der Waals surface area contributed by atoms with Crippen LogP contribution in [-0.2, 0) is 6.54 Å². The zero-order chi connectivity index (χ0) is 16.7. The van der Waals surface area contributed by atoms with Crippen LogP contribution in [0.25, 0.3) is 0 Å². The molecule has 0 spiro atoms. The molecule has 5 heteroatoms. The SMILES string of the molecule is CN=C(NCc1ccccc1C)Nc1ccc(OC)c(OC)c1. The van der Waals surface area contributed by atoms with Crippen LogP contribution >= 0.6 is 0 Å². The van der Waals surface area contributed by atoms with Crippen molar-refractivity contribution in [2.24, 2.45) is 4.99 Å².